The van der Waals surface area contributed by atoms with E-state index < -0.39 is 0 Å². The molecule has 1 N–H and O–H groups in total. The number of nitrogens with zero attached hydrogens (tertiary/aromatic N) is 3. The molecule has 2 aromatic heterocycles. The second-order valence-corrected chi connectivity index (χ2v) is 7.21. The van der Waals surface area contributed by atoms with Gasteiger partial charge in [0.2, 0.25) is 0 Å². The average Bonchev–Trinajstić information content (AvgIpc) is 2.80. The van der Waals surface area contributed by atoms with Gasteiger partial charge in [-0.15, -0.1) is 0 Å². The summed E-state index contributed by atoms with van der Waals surface area (Å²) in [6.07, 6.45) is 3.64. The van der Waals surface area contributed by atoms with E-state index in [1.165, 1.54) is 0 Å². The predicted octanol–water partition coefficient (Wildman–Crippen LogP) is 3.12. The molecule has 20 heavy (non-hydrogen) atoms. The summed E-state index contributed by atoms with van der Waals surface area (Å²) >= 11 is 2.05. The summed E-state index contributed by atoms with van der Waals surface area (Å²) in [4.78, 5) is 19.6. The zero-order valence-electron chi connectivity index (χ0n) is 12.4. The fourth-order valence-electron chi connectivity index (χ4n) is 1.84. The van der Waals surface area contributed by atoms with Crippen molar-refractivity contribution in [3.63, 3.8) is 0 Å². The highest BCUT2D eigenvalue weighted by molar-refractivity contribution is 14.1. The number of hydrogen-bond acceptors (Lipinski definition) is 3. The lowest BCUT2D eigenvalue weighted by atomic mass is 9.92. The molecule has 0 spiro atoms. The minimum absolute atomic E-state index is 0.0992. The quantitative estimate of drug-likeness (QED) is 0.807. The first kappa shape index (κ1) is 15.2. The van der Waals surface area contributed by atoms with Crippen molar-refractivity contribution in [1.82, 2.24) is 19.7 Å². The molecule has 6 heteroatoms. The van der Waals surface area contributed by atoms with Gasteiger partial charge in [0.1, 0.15) is 9.39 Å². The van der Waals surface area contributed by atoms with E-state index in [9.17, 15) is 4.79 Å². The van der Waals surface area contributed by atoms with Crippen LogP contribution in [0.25, 0.3) is 11.4 Å². The number of H-pyrrole nitrogens is 1. The molecule has 0 unspecified atom stereocenters. The van der Waals surface area contributed by atoms with Gasteiger partial charge in [0.05, 0.1) is 17.5 Å². The molecule has 0 aliphatic carbocycles. The molecule has 0 aliphatic rings. The Balaban J connectivity index is 2.58. The lowest BCUT2D eigenvalue weighted by molar-refractivity contribution is 0.532. The molecule has 0 radical (unpaired) electrons. The van der Waals surface area contributed by atoms with Crippen molar-refractivity contribution in [3.05, 3.63) is 32.0 Å². The first-order valence-corrected chi connectivity index (χ1v) is 7.63. The van der Waals surface area contributed by atoms with Gasteiger partial charge in [-0.25, -0.2) is 4.98 Å². The van der Waals surface area contributed by atoms with Crippen LogP contribution in [0, 0.1) is 3.57 Å². The molecular weight excluding hydrogens is 367 g/mol. The predicted molar refractivity (Wildman–Crippen MR) is 87.9 cm³/mol. The van der Waals surface area contributed by atoms with Crippen molar-refractivity contribution in [2.24, 2.45) is 0 Å². The Kier molecular flexibility index (Phi) is 4.04. The molecule has 108 valence electrons. The van der Waals surface area contributed by atoms with Crippen LogP contribution in [0.1, 0.15) is 46.4 Å². The van der Waals surface area contributed by atoms with E-state index in [2.05, 4.69) is 72.3 Å². The minimum atomic E-state index is -0.173. The first-order valence-electron chi connectivity index (χ1n) is 6.55. The van der Waals surface area contributed by atoms with Crippen LogP contribution in [0.15, 0.2) is 17.2 Å². The van der Waals surface area contributed by atoms with Crippen LogP contribution in [0.4, 0.5) is 0 Å². The molecule has 0 amide bonds. The molecule has 0 aromatic carbocycles. The zero-order chi connectivity index (χ0) is 15.1. The summed E-state index contributed by atoms with van der Waals surface area (Å²) in [6, 6.07) is 0.279. The monoisotopic (exact) mass is 386 g/mol. The van der Waals surface area contributed by atoms with Gasteiger partial charge in [-0.3, -0.25) is 9.48 Å². The van der Waals surface area contributed by atoms with Crippen molar-refractivity contribution in [1.29, 1.82) is 0 Å². The fraction of sp³-hybridized carbons (Fsp3) is 0.500. The number of aromatic nitrogens is 4. The SMILES string of the molecule is CC(C)n1cc(-c2nc(C(C)(C)C)c(I)c(=O)[nH]2)cn1. The van der Waals surface area contributed by atoms with E-state index in [0.29, 0.717) is 9.39 Å². The Morgan fingerprint density at radius 1 is 1.35 bits per heavy atom. The highest BCUT2D eigenvalue weighted by atomic mass is 127. The smallest absolute Gasteiger partial charge is 0.264 e. The fourth-order valence-corrected chi connectivity index (χ4v) is 2.90. The van der Waals surface area contributed by atoms with Crippen LogP contribution < -0.4 is 5.56 Å². The van der Waals surface area contributed by atoms with Crippen LogP contribution in [0.2, 0.25) is 0 Å². The van der Waals surface area contributed by atoms with E-state index in [4.69, 9.17) is 0 Å². The van der Waals surface area contributed by atoms with Gasteiger partial charge in [-0.1, -0.05) is 20.8 Å². The van der Waals surface area contributed by atoms with Gasteiger partial charge in [0, 0.05) is 17.7 Å². The van der Waals surface area contributed by atoms with E-state index in [-0.39, 0.29) is 17.0 Å². The summed E-state index contributed by atoms with van der Waals surface area (Å²) in [7, 11) is 0. The third-order valence-corrected chi connectivity index (χ3v) is 3.98. The number of hydrogen-bond donors (Lipinski definition) is 1. The Hall–Kier alpha value is -1.18. The average molecular weight is 386 g/mol. The molecule has 0 saturated heterocycles. The zero-order valence-corrected chi connectivity index (χ0v) is 14.5. The topological polar surface area (TPSA) is 63.6 Å². The van der Waals surface area contributed by atoms with E-state index in [1.54, 1.807) is 6.20 Å². The third kappa shape index (κ3) is 2.94. The highest BCUT2D eigenvalue weighted by Crippen LogP contribution is 2.25. The van der Waals surface area contributed by atoms with Gasteiger partial charge >= 0.3 is 0 Å². The van der Waals surface area contributed by atoms with Crippen LogP contribution in [-0.4, -0.2) is 19.7 Å². The lowest BCUT2D eigenvalue weighted by Crippen LogP contribution is -2.24. The van der Waals surface area contributed by atoms with Gasteiger partial charge in [0.15, 0.2) is 0 Å². The largest absolute Gasteiger partial charge is 0.305 e. The standard InChI is InChI=1S/C14H19IN4O/c1-8(2)19-7-9(6-16-19)12-17-11(14(3,4)5)10(15)13(20)18-12/h6-8H,1-5H3,(H,17,18,20). The second-order valence-electron chi connectivity index (χ2n) is 6.13. The summed E-state index contributed by atoms with van der Waals surface area (Å²) in [5.74, 6) is 0.576. The van der Waals surface area contributed by atoms with Gasteiger partial charge in [-0.2, -0.15) is 5.10 Å². The summed E-state index contributed by atoms with van der Waals surface area (Å²) < 4.78 is 2.50. The number of nitrogens with one attached hydrogen (secondary N) is 1. The maximum Gasteiger partial charge on any atom is 0.264 e. The molecular formula is C14H19IN4O. The minimum Gasteiger partial charge on any atom is -0.305 e. The normalized spacial score (nSPS) is 12.2. The van der Waals surface area contributed by atoms with Crippen molar-refractivity contribution in [2.45, 2.75) is 46.1 Å². The molecule has 5 nitrogen and oxygen atoms in total. The molecule has 2 rings (SSSR count). The molecule has 0 bridgehead atoms. The van der Waals surface area contributed by atoms with Gasteiger partial charge in [-0.05, 0) is 36.4 Å². The van der Waals surface area contributed by atoms with Crippen molar-refractivity contribution in [3.8, 4) is 11.4 Å². The molecule has 0 atom stereocenters. The van der Waals surface area contributed by atoms with E-state index in [1.807, 2.05) is 10.9 Å². The maximum absolute atomic E-state index is 12.1. The van der Waals surface area contributed by atoms with Crippen molar-refractivity contribution >= 4 is 22.6 Å². The highest BCUT2D eigenvalue weighted by Gasteiger charge is 2.22. The van der Waals surface area contributed by atoms with Gasteiger partial charge < -0.3 is 4.98 Å². The molecule has 2 heterocycles. The first-order chi connectivity index (χ1) is 9.20. The van der Waals surface area contributed by atoms with Crippen molar-refractivity contribution < 1.29 is 0 Å². The van der Waals surface area contributed by atoms with E-state index in [0.717, 1.165) is 11.3 Å². The second kappa shape index (κ2) is 5.31. The molecule has 0 aliphatic heterocycles. The van der Waals surface area contributed by atoms with E-state index >= 15 is 0 Å². The lowest BCUT2D eigenvalue weighted by Gasteiger charge is -2.19. The van der Waals surface area contributed by atoms with Gasteiger partial charge in [0.25, 0.3) is 5.56 Å². The number of aromatic amines is 1. The molecule has 0 saturated carbocycles. The Morgan fingerprint density at radius 2 is 2.00 bits per heavy atom. The Morgan fingerprint density at radius 3 is 2.50 bits per heavy atom. The van der Waals surface area contributed by atoms with Crippen molar-refractivity contribution in [2.75, 3.05) is 0 Å². The Bertz CT molecular complexity index is 679. The third-order valence-electron chi connectivity index (χ3n) is 2.98. The number of halogens is 1. The summed E-state index contributed by atoms with van der Waals surface area (Å²) in [5.41, 5.74) is 1.37. The molecule has 2 aromatic rings. The van der Waals surface area contributed by atoms with Crippen LogP contribution in [0.5, 0.6) is 0 Å². The summed E-state index contributed by atoms with van der Waals surface area (Å²) in [5, 5.41) is 4.29. The maximum atomic E-state index is 12.1. The molecule has 0 fully saturated rings. The Labute approximate surface area is 132 Å². The summed E-state index contributed by atoms with van der Waals surface area (Å²) in [6.45, 7) is 10.3. The van der Waals surface area contributed by atoms with Crippen LogP contribution in [0.3, 0.4) is 0 Å². The van der Waals surface area contributed by atoms with Crippen LogP contribution >= 0.6 is 22.6 Å². The van der Waals surface area contributed by atoms with Crippen LogP contribution in [-0.2, 0) is 5.41 Å². The number of rotatable bonds is 2.